The first-order valence-corrected chi connectivity index (χ1v) is 6.18. The quantitative estimate of drug-likeness (QED) is 0.607. The fourth-order valence-electron chi connectivity index (χ4n) is 1.80. The summed E-state index contributed by atoms with van der Waals surface area (Å²) in [5.74, 6) is 0.493. The van der Waals surface area contributed by atoms with Crippen LogP contribution < -0.4 is 16.0 Å². The smallest absolute Gasteiger partial charge is 0.279 e. The summed E-state index contributed by atoms with van der Waals surface area (Å²) >= 11 is 1.17. The molecule has 6 heteroatoms. The number of amides is 2. The van der Waals surface area contributed by atoms with E-state index in [4.69, 9.17) is 0 Å². The van der Waals surface area contributed by atoms with Crippen LogP contribution in [0.15, 0.2) is 0 Å². The molecule has 0 spiro atoms. The molecule has 3 N–H and O–H groups in total. The summed E-state index contributed by atoms with van der Waals surface area (Å²) in [7, 11) is 0. The van der Waals surface area contributed by atoms with Crippen molar-refractivity contribution < 1.29 is 9.59 Å². The second kappa shape index (κ2) is 4.85. The van der Waals surface area contributed by atoms with Gasteiger partial charge in [0, 0.05) is 18.3 Å². The average molecular weight is 229 g/mol. The van der Waals surface area contributed by atoms with E-state index in [1.54, 1.807) is 0 Å². The Balaban J connectivity index is 1.78. The number of thioether (sulfide) groups is 1. The molecule has 2 amide bonds. The predicted molar refractivity (Wildman–Crippen MR) is 58.8 cm³/mol. The van der Waals surface area contributed by atoms with Crippen LogP contribution in [0.4, 0.5) is 4.79 Å². The molecule has 0 aromatic rings. The number of piperidine rings is 1. The highest BCUT2D eigenvalue weighted by atomic mass is 32.2. The predicted octanol–water partition coefficient (Wildman–Crippen LogP) is -0.320. The second-order valence-corrected chi connectivity index (χ2v) is 4.84. The normalized spacial score (nSPS) is 31.1. The van der Waals surface area contributed by atoms with Crippen LogP contribution in [-0.4, -0.2) is 42.1 Å². The van der Waals surface area contributed by atoms with Crippen LogP contribution in [0.5, 0.6) is 0 Å². The van der Waals surface area contributed by atoms with Gasteiger partial charge in [0.1, 0.15) is 6.04 Å². The molecule has 84 valence electrons. The maximum Gasteiger partial charge on any atom is 0.279 e. The molecule has 2 aliphatic heterocycles. The van der Waals surface area contributed by atoms with Gasteiger partial charge < -0.3 is 16.0 Å². The van der Waals surface area contributed by atoms with Crippen molar-refractivity contribution in [1.29, 1.82) is 0 Å². The first kappa shape index (κ1) is 10.8. The summed E-state index contributed by atoms with van der Waals surface area (Å²) in [4.78, 5) is 22.6. The minimum atomic E-state index is -0.343. The van der Waals surface area contributed by atoms with Crippen molar-refractivity contribution in [3.63, 3.8) is 0 Å². The van der Waals surface area contributed by atoms with Crippen LogP contribution in [0.1, 0.15) is 12.8 Å². The SMILES string of the molecule is O=C1N[C@H](C(=O)N[C@@H]2CCCNC2)CS1. The molecule has 2 saturated heterocycles. The van der Waals surface area contributed by atoms with E-state index in [9.17, 15) is 9.59 Å². The Morgan fingerprint density at radius 2 is 2.40 bits per heavy atom. The topological polar surface area (TPSA) is 70.2 Å². The van der Waals surface area contributed by atoms with Gasteiger partial charge in [0.05, 0.1) is 0 Å². The lowest BCUT2D eigenvalue weighted by molar-refractivity contribution is -0.123. The van der Waals surface area contributed by atoms with E-state index >= 15 is 0 Å². The first-order valence-electron chi connectivity index (χ1n) is 5.20. The Morgan fingerprint density at radius 3 is 3.00 bits per heavy atom. The Kier molecular flexibility index (Phi) is 3.48. The Labute approximate surface area is 92.7 Å². The Bertz CT molecular complexity index is 266. The van der Waals surface area contributed by atoms with Gasteiger partial charge in [-0.3, -0.25) is 9.59 Å². The molecular formula is C9H15N3O2S. The molecule has 0 aromatic carbocycles. The van der Waals surface area contributed by atoms with Crippen molar-refractivity contribution in [3.05, 3.63) is 0 Å². The Morgan fingerprint density at radius 1 is 1.53 bits per heavy atom. The lowest BCUT2D eigenvalue weighted by atomic mass is 10.1. The van der Waals surface area contributed by atoms with Gasteiger partial charge in [0.15, 0.2) is 0 Å². The van der Waals surface area contributed by atoms with Crippen molar-refractivity contribution in [3.8, 4) is 0 Å². The molecule has 2 fully saturated rings. The summed E-state index contributed by atoms with van der Waals surface area (Å²) in [5.41, 5.74) is 0. The van der Waals surface area contributed by atoms with Gasteiger partial charge in [-0.25, -0.2) is 0 Å². The van der Waals surface area contributed by atoms with Crippen LogP contribution >= 0.6 is 11.8 Å². The summed E-state index contributed by atoms with van der Waals surface area (Å²) in [6.07, 6.45) is 2.11. The number of rotatable bonds is 2. The molecule has 0 unspecified atom stereocenters. The fraction of sp³-hybridized carbons (Fsp3) is 0.778. The maximum absolute atomic E-state index is 11.7. The van der Waals surface area contributed by atoms with Crippen LogP contribution in [0.3, 0.4) is 0 Å². The molecule has 2 atom stereocenters. The zero-order valence-corrected chi connectivity index (χ0v) is 9.23. The zero-order valence-electron chi connectivity index (χ0n) is 8.41. The van der Waals surface area contributed by atoms with Crippen LogP contribution in [0.2, 0.25) is 0 Å². The number of hydrogen-bond acceptors (Lipinski definition) is 4. The monoisotopic (exact) mass is 229 g/mol. The zero-order chi connectivity index (χ0) is 10.7. The van der Waals surface area contributed by atoms with Gasteiger partial charge in [-0.05, 0) is 19.4 Å². The third-order valence-corrected chi connectivity index (χ3v) is 3.51. The molecule has 0 aromatic heterocycles. The second-order valence-electron chi connectivity index (χ2n) is 3.85. The molecule has 0 saturated carbocycles. The minimum Gasteiger partial charge on any atom is -0.350 e. The van der Waals surface area contributed by atoms with E-state index in [2.05, 4.69) is 16.0 Å². The lowest BCUT2D eigenvalue weighted by Gasteiger charge is -2.24. The van der Waals surface area contributed by atoms with Crippen molar-refractivity contribution in [2.24, 2.45) is 0 Å². The molecule has 2 aliphatic rings. The van der Waals surface area contributed by atoms with Crippen molar-refractivity contribution in [1.82, 2.24) is 16.0 Å². The van der Waals surface area contributed by atoms with Crippen molar-refractivity contribution >= 4 is 22.9 Å². The summed E-state index contributed by atoms with van der Waals surface area (Å²) in [6.45, 7) is 1.86. The van der Waals surface area contributed by atoms with Gasteiger partial charge >= 0.3 is 0 Å². The first-order chi connectivity index (χ1) is 7.25. The summed E-state index contributed by atoms with van der Waals surface area (Å²) in [6, 6.07) is -0.127. The number of carbonyl (C=O) groups excluding carboxylic acids is 2. The standard InChI is InChI=1S/C9H15N3O2S/c13-8(7-5-15-9(14)12-7)11-6-2-1-3-10-4-6/h6-7,10H,1-5H2,(H,11,13)(H,12,14)/t6-,7+/m1/s1. The fourth-order valence-corrected chi connectivity index (χ4v) is 2.58. The molecular weight excluding hydrogens is 214 g/mol. The van der Waals surface area contributed by atoms with E-state index in [0.717, 1.165) is 25.9 Å². The number of nitrogens with one attached hydrogen (secondary N) is 3. The van der Waals surface area contributed by atoms with E-state index in [-0.39, 0.29) is 23.2 Å². The molecule has 15 heavy (non-hydrogen) atoms. The lowest BCUT2D eigenvalue weighted by Crippen LogP contribution is -2.51. The van der Waals surface area contributed by atoms with Gasteiger partial charge in [0.2, 0.25) is 5.91 Å². The minimum absolute atomic E-state index is 0.0537. The van der Waals surface area contributed by atoms with Gasteiger partial charge in [0.25, 0.3) is 5.24 Å². The third kappa shape index (κ3) is 2.85. The highest BCUT2D eigenvalue weighted by molar-refractivity contribution is 8.14. The summed E-state index contributed by atoms with van der Waals surface area (Å²) < 4.78 is 0. The molecule has 5 nitrogen and oxygen atoms in total. The van der Waals surface area contributed by atoms with E-state index in [1.165, 1.54) is 11.8 Å². The van der Waals surface area contributed by atoms with Gasteiger partial charge in [-0.1, -0.05) is 11.8 Å². The number of carbonyl (C=O) groups is 2. The molecule has 0 radical (unpaired) electrons. The largest absolute Gasteiger partial charge is 0.350 e. The van der Waals surface area contributed by atoms with E-state index in [0.29, 0.717) is 5.75 Å². The highest BCUT2D eigenvalue weighted by Crippen LogP contribution is 2.13. The highest BCUT2D eigenvalue weighted by Gasteiger charge is 2.29. The van der Waals surface area contributed by atoms with Crippen molar-refractivity contribution in [2.45, 2.75) is 24.9 Å². The molecule has 2 heterocycles. The molecule has 0 bridgehead atoms. The van der Waals surface area contributed by atoms with Crippen LogP contribution in [0, 0.1) is 0 Å². The molecule has 2 rings (SSSR count). The Hall–Kier alpha value is -0.750. The van der Waals surface area contributed by atoms with Gasteiger partial charge in [-0.15, -0.1) is 0 Å². The van der Waals surface area contributed by atoms with Crippen LogP contribution in [0.25, 0.3) is 0 Å². The summed E-state index contributed by atoms with van der Waals surface area (Å²) in [5, 5.41) is 8.72. The van der Waals surface area contributed by atoms with Crippen molar-refractivity contribution in [2.75, 3.05) is 18.8 Å². The third-order valence-electron chi connectivity index (χ3n) is 2.63. The molecule has 0 aliphatic carbocycles. The van der Waals surface area contributed by atoms with E-state index in [1.807, 2.05) is 0 Å². The average Bonchev–Trinajstić information content (AvgIpc) is 2.66. The van der Waals surface area contributed by atoms with E-state index < -0.39 is 0 Å². The number of hydrogen-bond donors (Lipinski definition) is 3. The van der Waals surface area contributed by atoms with Crippen LogP contribution in [-0.2, 0) is 4.79 Å². The maximum atomic E-state index is 11.7. The van der Waals surface area contributed by atoms with Gasteiger partial charge in [-0.2, -0.15) is 0 Å².